The Labute approximate surface area is 66.3 Å². The van der Waals surface area contributed by atoms with Gasteiger partial charge in [0.2, 0.25) is 0 Å². The first-order valence-corrected chi connectivity index (χ1v) is 3.74. The summed E-state index contributed by atoms with van der Waals surface area (Å²) in [5, 5.41) is 12.5. The van der Waals surface area contributed by atoms with Crippen molar-refractivity contribution in [3.05, 3.63) is 18.5 Å². The first-order chi connectivity index (χ1) is 5.38. The van der Waals surface area contributed by atoms with Crippen LogP contribution in [0.2, 0.25) is 0 Å². The molecule has 3 heteroatoms. The van der Waals surface area contributed by atoms with Crippen molar-refractivity contribution in [2.24, 2.45) is 0 Å². The molecule has 0 aliphatic rings. The van der Waals surface area contributed by atoms with Crippen LogP contribution in [0.25, 0.3) is 0 Å². The highest BCUT2D eigenvalue weighted by atomic mass is 15.3. The van der Waals surface area contributed by atoms with Gasteiger partial charge in [-0.2, -0.15) is 10.4 Å². The van der Waals surface area contributed by atoms with Crippen molar-refractivity contribution in [1.82, 2.24) is 9.78 Å². The lowest BCUT2D eigenvalue weighted by atomic mass is 10.2. The molecule has 0 N–H and O–H groups in total. The van der Waals surface area contributed by atoms with Crippen molar-refractivity contribution in [3.63, 3.8) is 0 Å². The van der Waals surface area contributed by atoms with Crippen molar-refractivity contribution < 1.29 is 0 Å². The predicted molar refractivity (Wildman–Crippen MR) is 41.8 cm³/mol. The zero-order valence-electron chi connectivity index (χ0n) is 6.57. The first-order valence-electron chi connectivity index (χ1n) is 3.74. The van der Waals surface area contributed by atoms with E-state index in [1.54, 1.807) is 6.20 Å². The zero-order valence-corrected chi connectivity index (χ0v) is 6.57. The van der Waals surface area contributed by atoms with Crippen LogP contribution < -0.4 is 0 Å². The van der Waals surface area contributed by atoms with E-state index in [1.807, 2.05) is 16.9 Å². The van der Waals surface area contributed by atoms with Crippen molar-refractivity contribution in [1.29, 1.82) is 5.26 Å². The summed E-state index contributed by atoms with van der Waals surface area (Å²) in [6.45, 7) is 2.06. The maximum atomic E-state index is 8.48. The highest BCUT2D eigenvalue weighted by molar-refractivity contribution is 4.85. The second-order valence-corrected chi connectivity index (χ2v) is 2.41. The van der Waals surface area contributed by atoms with Gasteiger partial charge < -0.3 is 0 Å². The molecule has 1 heterocycles. The summed E-state index contributed by atoms with van der Waals surface area (Å²) in [6, 6.07) is 4.27. The molecule has 1 unspecified atom stereocenters. The van der Waals surface area contributed by atoms with Crippen molar-refractivity contribution in [2.45, 2.75) is 25.8 Å². The van der Waals surface area contributed by atoms with Crippen LogP contribution in [0.15, 0.2) is 18.5 Å². The van der Waals surface area contributed by atoms with Gasteiger partial charge in [-0.1, -0.05) is 6.92 Å². The standard InChI is InChI=1S/C8H11N3/c1-2-8(4-5-9)11-7-3-6-10-11/h3,6-8H,2,4H2,1H3. The lowest BCUT2D eigenvalue weighted by molar-refractivity contribution is 0.448. The molecule has 1 atom stereocenters. The van der Waals surface area contributed by atoms with E-state index in [0.717, 1.165) is 6.42 Å². The summed E-state index contributed by atoms with van der Waals surface area (Å²) >= 11 is 0. The predicted octanol–water partition coefficient (Wildman–Crippen LogP) is 1.75. The molecule has 0 saturated heterocycles. The monoisotopic (exact) mass is 149 g/mol. The number of aromatic nitrogens is 2. The number of hydrogen-bond donors (Lipinski definition) is 0. The quantitative estimate of drug-likeness (QED) is 0.657. The Morgan fingerprint density at radius 3 is 3.00 bits per heavy atom. The molecule has 0 bridgehead atoms. The van der Waals surface area contributed by atoms with Gasteiger partial charge in [-0.15, -0.1) is 0 Å². The van der Waals surface area contributed by atoms with Crippen molar-refractivity contribution in [2.75, 3.05) is 0 Å². The van der Waals surface area contributed by atoms with Crippen LogP contribution in [0.5, 0.6) is 0 Å². The van der Waals surface area contributed by atoms with Crippen LogP contribution in [0, 0.1) is 11.3 Å². The number of nitrogens with zero attached hydrogens (tertiary/aromatic N) is 3. The van der Waals surface area contributed by atoms with E-state index in [0.29, 0.717) is 6.42 Å². The Hall–Kier alpha value is -1.30. The highest BCUT2D eigenvalue weighted by Crippen LogP contribution is 2.12. The lowest BCUT2D eigenvalue weighted by Crippen LogP contribution is -2.07. The summed E-state index contributed by atoms with van der Waals surface area (Å²) in [4.78, 5) is 0. The fourth-order valence-corrected chi connectivity index (χ4v) is 1.03. The minimum atomic E-state index is 0.245. The average molecular weight is 149 g/mol. The largest absolute Gasteiger partial charge is 0.269 e. The van der Waals surface area contributed by atoms with E-state index in [1.165, 1.54) is 0 Å². The van der Waals surface area contributed by atoms with Gasteiger partial charge in [0.25, 0.3) is 0 Å². The van der Waals surface area contributed by atoms with Crippen LogP contribution in [0.3, 0.4) is 0 Å². The van der Waals surface area contributed by atoms with Gasteiger partial charge in [-0.3, -0.25) is 4.68 Å². The van der Waals surface area contributed by atoms with Crippen LogP contribution >= 0.6 is 0 Å². The van der Waals surface area contributed by atoms with Crippen LogP contribution in [-0.2, 0) is 0 Å². The minimum Gasteiger partial charge on any atom is -0.269 e. The Morgan fingerprint density at radius 1 is 1.73 bits per heavy atom. The zero-order chi connectivity index (χ0) is 8.10. The SMILES string of the molecule is CCC(CC#N)n1cccn1. The maximum Gasteiger partial charge on any atom is 0.0646 e. The molecule has 0 radical (unpaired) electrons. The van der Waals surface area contributed by atoms with E-state index in [-0.39, 0.29) is 6.04 Å². The number of nitriles is 1. The lowest BCUT2D eigenvalue weighted by Gasteiger charge is -2.10. The third-order valence-electron chi connectivity index (χ3n) is 1.70. The molecule has 3 nitrogen and oxygen atoms in total. The minimum absolute atomic E-state index is 0.245. The smallest absolute Gasteiger partial charge is 0.0646 e. The Balaban J connectivity index is 2.65. The van der Waals surface area contributed by atoms with E-state index in [4.69, 9.17) is 5.26 Å². The summed E-state index contributed by atoms with van der Waals surface area (Å²) in [5.41, 5.74) is 0. The first kappa shape index (κ1) is 7.80. The Morgan fingerprint density at radius 2 is 2.55 bits per heavy atom. The van der Waals surface area contributed by atoms with Gasteiger partial charge >= 0.3 is 0 Å². The molecule has 0 aliphatic heterocycles. The van der Waals surface area contributed by atoms with Crippen LogP contribution in [0.4, 0.5) is 0 Å². The van der Waals surface area contributed by atoms with Gasteiger partial charge in [0.1, 0.15) is 0 Å². The van der Waals surface area contributed by atoms with E-state index in [2.05, 4.69) is 18.1 Å². The third kappa shape index (κ3) is 1.81. The molecule has 0 amide bonds. The topological polar surface area (TPSA) is 41.6 Å². The molecule has 1 rings (SSSR count). The van der Waals surface area contributed by atoms with E-state index < -0.39 is 0 Å². The van der Waals surface area contributed by atoms with Gasteiger partial charge in [0, 0.05) is 12.4 Å². The molecule has 0 spiro atoms. The molecular weight excluding hydrogens is 138 g/mol. The molecule has 1 aromatic rings. The third-order valence-corrected chi connectivity index (χ3v) is 1.70. The molecule has 58 valence electrons. The molecule has 0 aliphatic carbocycles. The molecule has 1 aromatic heterocycles. The van der Waals surface area contributed by atoms with Gasteiger partial charge in [0.15, 0.2) is 0 Å². The molecule has 0 fully saturated rings. The number of rotatable bonds is 3. The summed E-state index contributed by atoms with van der Waals surface area (Å²) < 4.78 is 1.84. The second kappa shape index (κ2) is 3.77. The second-order valence-electron chi connectivity index (χ2n) is 2.41. The number of hydrogen-bond acceptors (Lipinski definition) is 2. The molecule has 0 aromatic carbocycles. The van der Waals surface area contributed by atoms with Gasteiger partial charge in [0.05, 0.1) is 18.5 Å². The van der Waals surface area contributed by atoms with Crippen LogP contribution in [0.1, 0.15) is 25.8 Å². The fraction of sp³-hybridized carbons (Fsp3) is 0.500. The summed E-state index contributed by atoms with van der Waals surface area (Å²) in [5.74, 6) is 0. The average Bonchev–Trinajstić information content (AvgIpc) is 2.52. The summed E-state index contributed by atoms with van der Waals surface area (Å²) in [6.07, 6.45) is 5.12. The normalized spacial score (nSPS) is 12.4. The molecular formula is C8H11N3. The molecule has 11 heavy (non-hydrogen) atoms. The van der Waals surface area contributed by atoms with E-state index >= 15 is 0 Å². The Kier molecular flexibility index (Phi) is 2.67. The Bertz CT molecular complexity index is 232. The van der Waals surface area contributed by atoms with Crippen LogP contribution in [-0.4, -0.2) is 9.78 Å². The van der Waals surface area contributed by atoms with Crippen molar-refractivity contribution >= 4 is 0 Å². The highest BCUT2D eigenvalue weighted by Gasteiger charge is 2.06. The summed E-state index contributed by atoms with van der Waals surface area (Å²) in [7, 11) is 0. The van der Waals surface area contributed by atoms with Gasteiger partial charge in [-0.25, -0.2) is 0 Å². The van der Waals surface area contributed by atoms with E-state index in [9.17, 15) is 0 Å². The van der Waals surface area contributed by atoms with Gasteiger partial charge in [-0.05, 0) is 12.5 Å². The molecule has 0 saturated carbocycles. The van der Waals surface area contributed by atoms with Crippen molar-refractivity contribution in [3.8, 4) is 6.07 Å². The maximum absolute atomic E-state index is 8.48. The fourth-order valence-electron chi connectivity index (χ4n) is 1.03.